The van der Waals surface area contributed by atoms with Gasteiger partial charge in [-0.25, -0.2) is 4.79 Å². The van der Waals surface area contributed by atoms with E-state index in [9.17, 15) is 4.79 Å². The molecule has 0 spiro atoms. The number of nitrogens with one attached hydrogen (secondary N) is 1. The zero-order valence-electron chi connectivity index (χ0n) is 13.2. The third-order valence-corrected chi connectivity index (χ3v) is 3.68. The summed E-state index contributed by atoms with van der Waals surface area (Å²) in [6, 6.07) is 9.62. The van der Waals surface area contributed by atoms with Crippen molar-refractivity contribution >= 4 is 11.8 Å². The second-order valence-corrected chi connectivity index (χ2v) is 5.40. The molecule has 1 aromatic heterocycles. The average molecular weight is 313 g/mol. The van der Waals surface area contributed by atoms with E-state index in [0.29, 0.717) is 19.0 Å². The van der Waals surface area contributed by atoms with Crippen molar-refractivity contribution in [3.8, 4) is 5.75 Å². The minimum Gasteiger partial charge on any atom is -0.493 e. The number of aromatic nitrogens is 2. The molecule has 0 amide bonds. The van der Waals surface area contributed by atoms with Gasteiger partial charge in [0.15, 0.2) is 5.69 Å². The Hall–Kier alpha value is -2.63. The lowest BCUT2D eigenvalue weighted by Gasteiger charge is -2.27. The van der Waals surface area contributed by atoms with Gasteiger partial charge in [-0.15, -0.1) is 10.2 Å². The van der Waals surface area contributed by atoms with Crippen LogP contribution >= 0.6 is 0 Å². The van der Waals surface area contributed by atoms with Crippen LogP contribution in [0.5, 0.6) is 5.75 Å². The van der Waals surface area contributed by atoms with Crippen LogP contribution in [0.25, 0.3) is 0 Å². The van der Waals surface area contributed by atoms with Gasteiger partial charge in [0.2, 0.25) is 0 Å². The molecule has 120 valence electrons. The quantitative estimate of drug-likeness (QED) is 0.875. The minimum absolute atomic E-state index is 0.112. The number of hydrogen-bond donors (Lipinski definition) is 1. The Labute approximate surface area is 134 Å². The number of carbonyl (C=O) groups is 1. The molecule has 6 heteroatoms. The molecule has 3 rings (SSSR count). The molecule has 0 fully saturated rings. The molecule has 1 atom stereocenters. The molecule has 1 aromatic carbocycles. The van der Waals surface area contributed by atoms with Crippen LogP contribution in [0.4, 0.5) is 5.82 Å². The summed E-state index contributed by atoms with van der Waals surface area (Å²) in [5.41, 5.74) is 2.51. The average Bonchev–Trinajstić information content (AvgIpc) is 2.56. The van der Waals surface area contributed by atoms with Gasteiger partial charge in [-0.2, -0.15) is 0 Å². The van der Waals surface area contributed by atoms with Gasteiger partial charge in [-0.1, -0.05) is 17.7 Å². The first kappa shape index (κ1) is 15.3. The smallest absolute Gasteiger partial charge is 0.358 e. The highest BCUT2D eigenvalue weighted by Crippen LogP contribution is 2.34. The standard InChI is InChI=1S/C17H19N3O3/c1-3-22-17(21)14-5-7-16(20-19-14)18-13-8-9-23-15-6-4-11(2)10-12(13)15/h4-7,10,13H,3,8-9H2,1-2H3,(H,18,20). The molecule has 1 unspecified atom stereocenters. The summed E-state index contributed by atoms with van der Waals surface area (Å²) in [6.07, 6.45) is 0.845. The molecule has 23 heavy (non-hydrogen) atoms. The summed E-state index contributed by atoms with van der Waals surface area (Å²) >= 11 is 0. The van der Waals surface area contributed by atoms with Gasteiger partial charge in [0.05, 0.1) is 19.3 Å². The number of fused-ring (bicyclic) bond motifs is 1. The second kappa shape index (κ2) is 6.64. The highest BCUT2D eigenvalue weighted by atomic mass is 16.5. The van der Waals surface area contributed by atoms with E-state index < -0.39 is 5.97 Å². The maximum atomic E-state index is 11.6. The molecule has 2 heterocycles. The molecule has 1 aliphatic heterocycles. The van der Waals surface area contributed by atoms with Crippen molar-refractivity contribution in [2.45, 2.75) is 26.3 Å². The summed E-state index contributed by atoms with van der Waals surface area (Å²) in [6.45, 7) is 4.78. The molecule has 0 radical (unpaired) electrons. The summed E-state index contributed by atoms with van der Waals surface area (Å²) < 4.78 is 10.6. The zero-order valence-corrected chi connectivity index (χ0v) is 13.2. The van der Waals surface area contributed by atoms with E-state index in [4.69, 9.17) is 9.47 Å². The first-order valence-electron chi connectivity index (χ1n) is 7.68. The number of esters is 1. The van der Waals surface area contributed by atoms with Crippen LogP contribution < -0.4 is 10.1 Å². The fourth-order valence-corrected chi connectivity index (χ4v) is 2.57. The molecule has 2 aromatic rings. The number of ether oxygens (including phenoxy) is 2. The fourth-order valence-electron chi connectivity index (χ4n) is 2.57. The van der Waals surface area contributed by atoms with Crippen LogP contribution in [-0.4, -0.2) is 29.4 Å². The van der Waals surface area contributed by atoms with E-state index in [1.54, 1.807) is 19.1 Å². The molecular formula is C17H19N3O3. The summed E-state index contributed by atoms with van der Waals surface area (Å²) in [7, 11) is 0. The number of benzene rings is 1. The Kier molecular flexibility index (Phi) is 4.41. The molecule has 0 bridgehead atoms. The third kappa shape index (κ3) is 3.41. The van der Waals surface area contributed by atoms with Crippen LogP contribution in [0.15, 0.2) is 30.3 Å². The van der Waals surface area contributed by atoms with Gasteiger partial charge in [0, 0.05) is 12.0 Å². The third-order valence-electron chi connectivity index (χ3n) is 3.68. The number of aryl methyl sites for hydroxylation is 1. The van der Waals surface area contributed by atoms with E-state index >= 15 is 0 Å². The van der Waals surface area contributed by atoms with Crippen LogP contribution in [0.2, 0.25) is 0 Å². The lowest BCUT2D eigenvalue weighted by Crippen LogP contribution is -2.21. The van der Waals surface area contributed by atoms with Gasteiger partial charge in [-0.05, 0) is 32.0 Å². The normalized spacial score (nSPS) is 16.2. The number of carbonyl (C=O) groups excluding carboxylic acids is 1. The van der Waals surface area contributed by atoms with Crippen molar-refractivity contribution in [3.05, 3.63) is 47.2 Å². The predicted molar refractivity (Wildman–Crippen MR) is 85.6 cm³/mol. The van der Waals surface area contributed by atoms with E-state index in [0.717, 1.165) is 17.7 Å². The van der Waals surface area contributed by atoms with Crippen molar-refractivity contribution in [2.24, 2.45) is 0 Å². The molecule has 0 saturated carbocycles. The number of nitrogens with zero attached hydrogens (tertiary/aromatic N) is 2. The van der Waals surface area contributed by atoms with Gasteiger partial charge in [0.1, 0.15) is 11.6 Å². The Morgan fingerprint density at radius 3 is 2.96 bits per heavy atom. The second-order valence-electron chi connectivity index (χ2n) is 5.40. The fraction of sp³-hybridized carbons (Fsp3) is 0.353. The van der Waals surface area contributed by atoms with Crippen molar-refractivity contribution in [2.75, 3.05) is 18.5 Å². The number of anilines is 1. The summed E-state index contributed by atoms with van der Waals surface area (Å²) in [5, 5.41) is 11.3. The molecule has 1 N–H and O–H groups in total. The van der Waals surface area contributed by atoms with Crippen LogP contribution in [0.1, 0.15) is 41.0 Å². The lowest BCUT2D eigenvalue weighted by atomic mass is 9.98. The van der Waals surface area contributed by atoms with Crippen molar-refractivity contribution < 1.29 is 14.3 Å². The Morgan fingerprint density at radius 2 is 2.22 bits per heavy atom. The molecular weight excluding hydrogens is 294 g/mol. The number of rotatable bonds is 4. The molecule has 0 aliphatic carbocycles. The molecule has 0 saturated heterocycles. The Morgan fingerprint density at radius 1 is 1.35 bits per heavy atom. The number of hydrogen-bond acceptors (Lipinski definition) is 6. The van der Waals surface area contributed by atoms with E-state index in [-0.39, 0.29) is 11.7 Å². The van der Waals surface area contributed by atoms with E-state index in [1.807, 2.05) is 12.1 Å². The predicted octanol–water partition coefficient (Wildman–Crippen LogP) is 2.90. The lowest BCUT2D eigenvalue weighted by molar-refractivity contribution is 0.0518. The van der Waals surface area contributed by atoms with Crippen molar-refractivity contribution in [1.82, 2.24) is 10.2 Å². The van der Waals surface area contributed by atoms with Gasteiger partial charge in [-0.3, -0.25) is 0 Å². The topological polar surface area (TPSA) is 73.3 Å². The first-order valence-corrected chi connectivity index (χ1v) is 7.68. The van der Waals surface area contributed by atoms with Gasteiger partial charge >= 0.3 is 5.97 Å². The van der Waals surface area contributed by atoms with E-state index in [2.05, 4.69) is 28.5 Å². The Balaban J connectivity index is 1.76. The largest absolute Gasteiger partial charge is 0.493 e. The van der Waals surface area contributed by atoms with Crippen molar-refractivity contribution in [1.29, 1.82) is 0 Å². The maximum Gasteiger partial charge on any atom is 0.358 e. The van der Waals surface area contributed by atoms with Gasteiger partial charge in [0.25, 0.3) is 0 Å². The van der Waals surface area contributed by atoms with Crippen molar-refractivity contribution in [3.63, 3.8) is 0 Å². The minimum atomic E-state index is -0.460. The highest BCUT2D eigenvalue weighted by Gasteiger charge is 2.22. The van der Waals surface area contributed by atoms with Crippen LogP contribution in [0.3, 0.4) is 0 Å². The molecule has 6 nitrogen and oxygen atoms in total. The van der Waals surface area contributed by atoms with Crippen LogP contribution in [0, 0.1) is 6.92 Å². The van der Waals surface area contributed by atoms with Crippen LogP contribution in [-0.2, 0) is 4.74 Å². The summed E-state index contributed by atoms with van der Waals surface area (Å²) in [5.74, 6) is 1.06. The first-order chi connectivity index (χ1) is 11.2. The van der Waals surface area contributed by atoms with E-state index in [1.165, 1.54) is 5.56 Å². The summed E-state index contributed by atoms with van der Waals surface area (Å²) in [4.78, 5) is 11.6. The Bertz CT molecular complexity index is 701. The highest BCUT2D eigenvalue weighted by molar-refractivity contribution is 5.87. The SMILES string of the molecule is CCOC(=O)c1ccc(NC2CCOc3ccc(C)cc32)nn1. The van der Waals surface area contributed by atoms with Gasteiger partial charge < -0.3 is 14.8 Å². The monoisotopic (exact) mass is 313 g/mol. The zero-order chi connectivity index (χ0) is 16.2. The maximum absolute atomic E-state index is 11.6. The molecule has 1 aliphatic rings.